The van der Waals surface area contributed by atoms with E-state index in [-0.39, 0.29) is 0 Å². The van der Waals surface area contributed by atoms with E-state index in [0.717, 1.165) is 54.9 Å². The van der Waals surface area contributed by atoms with E-state index in [4.69, 9.17) is 10.7 Å². The molecular formula is C20H25N5. The summed E-state index contributed by atoms with van der Waals surface area (Å²) in [5, 5.41) is 4.44. The van der Waals surface area contributed by atoms with Crippen LogP contribution in [0.5, 0.6) is 0 Å². The Kier molecular flexibility index (Phi) is 5.80. The lowest BCUT2D eigenvalue weighted by atomic mass is 10.1. The van der Waals surface area contributed by atoms with Crippen LogP contribution in [0.2, 0.25) is 0 Å². The van der Waals surface area contributed by atoms with Crippen LogP contribution in [0.4, 0.5) is 0 Å². The third-order valence-corrected chi connectivity index (χ3v) is 4.21. The minimum absolute atomic E-state index is 0.700. The number of aromatic nitrogens is 4. The van der Waals surface area contributed by atoms with Crippen molar-refractivity contribution in [3.8, 4) is 22.5 Å². The molecule has 130 valence electrons. The number of nitrogens with zero attached hydrogens (tertiary/aromatic N) is 4. The van der Waals surface area contributed by atoms with Gasteiger partial charge < -0.3 is 10.3 Å². The van der Waals surface area contributed by atoms with Crippen molar-refractivity contribution >= 4 is 0 Å². The number of imidazole rings is 1. The van der Waals surface area contributed by atoms with E-state index in [9.17, 15) is 0 Å². The van der Waals surface area contributed by atoms with Gasteiger partial charge >= 0.3 is 0 Å². The number of nitrogens with two attached hydrogens (primary N) is 1. The molecule has 5 nitrogen and oxygen atoms in total. The first-order chi connectivity index (χ1) is 12.3. The Bertz CT molecular complexity index is 801. The minimum atomic E-state index is 0.700. The maximum atomic E-state index is 5.60. The zero-order valence-corrected chi connectivity index (χ0v) is 14.5. The van der Waals surface area contributed by atoms with Gasteiger partial charge in [0.25, 0.3) is 0 Å². The first-order valence-electron chi connectivity index (χ1n) is 8.78. The van der Waals surface area contributed by atoms with Crippen LogP contribution in [-0.4, -0.2) is 25.9 Å². The fourth-order valence-electron chi connectivity index (χ4n) is 2.98. The maximum Gasteiger partial charge on any atom is 0.0964 e. The highest BCUT2D eigenvalue weighted by Crippen LogP contribution is 2.31. The number of allylic oxidation sites excluding steroid dienone is 1. The average Bonchev–Trinajstić information content (AvgIpc) is 3.26. The molecule has 0 atom stereocenters. The fraction of sp³-hybridized carbons (Fsp3) is 0.300. The first kappa shape index (κ1) is 17.2. The van der Waals surface area contributed by atoms with Gasteiger partial charge in [0.1, 0.15) is 0 Å². The smallest absolute Gasteiger partial charge is 0.0964 e. The molecule has 1 aromatic carbocycles. The average molecular weight is 335 g/mol. The summed E-state index contributed by atoms with van der Waals surface area (Å²) in [4.78, 5) is 4.70. The van der Waals surface area contributed by atoms with E-state index in [2.05, 4.69) is 34.6 Å². The Morgan fingerprint density at radius 2 is 1.92 bits per heavy atom. The second-order valence-electron chi connectivity index (χ2n) is 6.09. The van der Waals surface area contributed by atoms with E-state index in [1.165, 1.54) is 0 Å². The first-order valence-corrected chi connectivity index (χ1v) is 8.78. The summed E-state index contributed by atoms with van der Waals surface area (Å²) in [6.07, 6.45) is 11.0. The molecule has 0 radical (unpaired) electrons. The van der Waals surface area contributed by atoms with Gasteiger partial charge in [-0.2, -0.15) is 5.10 Å². The van der Waals surface area contributed by atoms with Crippen molar-refractivity contribution in [3.05, 3.63) is 61.7 Å². The largest absolute Gasteiger partial charge is 0.330 e. The van der Waals surface area contributed by atoms with Crippen molar-refractivity contribution in [3.63, 3.8) is 0 Å². The molecule has 2 N–H and O–H groups in total. The molecule has 25 heavy (non-hydrogen) atoms. The van der Waals surface area contributed by atoms with Gasteiger partial charge in [-0.05, 0) is 19.4 Å². The molecule has 3 aromatic rings. The summed E-state index contributed by atoms with van der Waals surface area (Å²) >= 11 is 0. The van der Waals surface area contributed by atoms with Gasteiger partial charge in [0.2, 0.25) is 0 Å². The van der Waals surface area contributed by atoms with Crippen molar-refractivity contribution < 1.29 is 0 Å². The van der Waals surface area contributed by atoms with Gasteiger partial charge in [-0.15, -0.1) is 6.58 Å². The molecule has 2 aromatic heterocycles. The van der Waals surface area contributed by atoms with Gasteiger partial charge in [-0.25, -0.2) is 4.98 Å². The molecule has 0 aliphatic rings. The normalized spacial score (nSPS) is 10.9. The Balaban J connectivity index is 1.95. The second-order valence-corrected chi connectivity index (χ2v) is 6.09. The molecule has 0 aliphatic carbocycles. The Morgan fingerprint density at radius 1 is 1.08 bits per heavy atom. The fourth-order valence-corrected chi connectivity index (χ4v) is 2.98. The summed E-state index contributed by atoms with van der Waals surface area (Å²) in [5.41, 5.74) is 9.92. The quantitative estimate of drug-likeness (QED) is 0.479. The third-order valence-electron chi connectivity index (χ3n) is 4.21. The molecule has 5 heteroatoms. The van der Waals surface area contributed by atoms with Crippen molar-refractivity contribution in [2.45, 2.75) is 32.4 Å². The van der Waals surface area contributed by atoms with E-state index < -0.39 is 0 Å². The van der Waals surface area contributed by atoms with Crippen LogP contribution >= 0.6 is 0 Å². The van der Waals surface area contributed by atoms with E-state index in [0.29, 0.717) is 6.54 Å². The highest BCUT2D eigenvalue weighted by atomic mass is 15.3. The van der Waals surface area contributed by atoms with Gasteiger partial charge in [0, 0.05) is 23.9 Å². The van der Waals surface area contributed by atoms with Gasteiger partial charge in [-0.1, -0.05) is 42.8 Å². The van der Waals surface area contributed by atoms with Gasteiger partial charge in [-0.3, -0.25) is 4.68 Å². The lowest BCUT2D eigenvalue weighted by Gasteiger charge is -2.09. The van der Waals surface area contributed by atoms with E-state index >= 15 is 0 Å². The second kappa shape index (κ2) is 8.44. The molecule has 0 unspecified atom stereocenters. The van der Waals surface area contributed by atoms with Crippen LogP contribution in [0.3, 0.4) is 0 Å². The molecule has 3 rings (SSSR count). The summed E-state index contributed by atoms with van der Waals surface area (Å²) in [7, 11) is 0. The van der Waals surface area contributed by atoms with E-state index in [1.54, 1.807) is 0 Å². The van der Waals surface area contributed by atoms with Crippen LogP contribution in [0.15, 0.2) is 61.7 Å². The molecule has 0 amide bonds. The third kappa shape index (κ3) is 4.06. The van der Waals surface area contributed by atoms with Crippen LogP contribution in [-0.2, 0) is 13.1 Å². The molecule has 0 spiro atoms. The van der Waals surface area contributed by atoms with Crippen molar-refractivity contribution in [1.29, 1.82) is 0 Å². The number of aryl methyl sites for hydroxylation is 1. The zero-order valence-electron chi connectivity index (χ0n) is 14.5. The topological polar surface area (TPSA) is 61.7 Å². The summed E-state index contributed by atoms with van der Waals surface area (Å²) in [6.45, 7) is 6.16. The SMILES string of the molecule is C=CCn1cc(-c2c(-c3ccccc3)ncn2CCCCCN)cn1. The van der Waals surface area contributed by atoms with Gasteiger partial charge in [0.15, 0.2) is 0 Å². The molecule has 0 saturated heterocycles. The summed E-state index contributed by atoms with van der Waals surface area (Å²) in [6, 6.07) is 10.3. The highest BCUT2D eigenvalue weighted by Gasteiger charge is 2.16. The Hall–Kier alpha value is -2.66. The van der Waals surface area contributed by atoms with Crippen molar-refractivity contribution in [2.75, 3.05) is 6.54 Å². The molecule has 0 bridgehead atoms. The predicted octanol–water partition coefficient (Wildman–Crippen LogP) is 3.73. The zero-order chi connectivity index (χ0) is 17.5. The molecule has 0 saturated carbocycles. The van der Waals surface area contributed by atoms with Crippen LogP contribution in [0.1, 0.15) is 19.3 Å². The Morgan fingerprint density at radius 3 is 2.68 bits per heavy atom. The Labute approximate surface area is 148 Å². The molecular weight excluding hydrogens is 310 g/mol. The number of hydrogen-bond donors (Lipinski definition) is 1. The monoisotopic (exact) mass is 335 g/mol. The highest BCUT2D eigenvalue weighted by molar-refractivity contribution is 5.78. The lowest BCUT2D eigenvalue weighted by Crippen LogP contribution is -2.02. The molecule has 0 fully saturated rings. The van der Waals surface area contributed by atoms with Crippen molar-refractivity contribution in [1.82, 2.24) is 19.3 Å². The lowest BCUT2D eigenvalue weighted by molar-refractivity contribution is 0.594. The van der Waals surface area contributed by atoms with Crippen LogP contribution < -0.4 is 5.73 Å². The number of benzene rings is 1. The van der Waals surface area contributed by atoms with Crippen LogP contribution in [0, 0.1) is 0 Å². The number of unbranched alkanes of at least 4 members (excludes halogenated alkanes) is 2. The van der Waals surface area contributed by atoms with Crippen molar-refractivity contribution in [2.24, 2.45) is 5.73 Å². The molecule has 0 aliphatic heterocycles. The van der Waals surface area contributed by atoms with Crippen LogP contribution in [0.25, 0.3) is 22.5 Å². The maximum absolute atomic E-state index is 5.60. The number of rotatable bonds is 9. The number of hydrogen-bond acceptors (Lipinski definition) is 3. The standard InChI is InChI=1S/C20H25N5/c1-2-12-25-15-18(14-23-25)20-19(17-9-5-3-6-10-17)22-16-24(20)13-8-4-7-11-21/h2-3,5-6,9-10,14-16H,1,4,7-8,11-13,21H2. The minimum Gasteiger partial charge on any atom is -0.330 e. The summed E-state index contributed by atoms with van der Waals surface area (Å²) in [5.74, 6) is 0. The predicted molar refractivity (Wildman–Crippen MR) is 102 cm³/mol. The van der Waals surface area contributed by atoms with E-state index in [1.807, 2.05) is 41.5 Å². The molecule has 2 heterocycles. The summed E-state index contributed by atoms with van der Waals surface area (Å²) < 4.78 is 4.12. The van der Waals surface area contributed by atoms with Gasteiger partial charge in [0.05, 0.1) is 30.5 Å².